The molecule has 0 N–H and O–H groups in total. The van der Waals surface area contributed by atoms with Crippen LogP contribution in [0.4, 0.5) is 11.4 Å². The fourth-order valence-corrected chi connectivity index (χ4v) is 4.03. The first-order chi connectivity index (χ1) is 11.7. The highest BCUT2D eigenvalue weighted by molar-refractivity contribution is 7.90. The van der Waals surface area contributed by atoms with Crippen molar-refractivity contribution in [1.82, 2.24) is 0 Å². The summed E-state index contributed by atoms with van der Waals surface area (Å²) in [5.41, 5.74) is 3.84. The van der Waals surface area contributed by atoms with Gasteiger partial charge in [-0.3, -0.25) is 4.79 Å². The summed E-state index contributed by atoms with van der Waals surface area (Å²) in [4.78, 5) is 16.3. The van der Waals surface area contributed by atoms with Crippen molar-refractivity contribution in [2.75, 3.05) is 29.6 Å². The van der Waals surface area contributed by atoms with E-state index < -0.39 is 9.84 Å². The zero-order chi connectivity index (χ0) is 18.4. The molecule has 0 saturated heterocycles. The molecule has 132 valence electrons. The zero-order valence-corrected chi connectivity index (χ0v) is 15.7. The van der Waals surface area contributed by atoms with Gasteiger partial charge in [-0.15, -0.1) is 0 Å². The van der Waals surface area contributed by atoms with Gasteiger partial charge in [-0.2, -0.15) is 0 Å². The summed E-state index contributed by atoms with van der Waals surface area (Å²) >= 11 is 0. The first-order valence-corrected chi connectivity index (χ1v) is 10.0. The van der Waals surface area contributed by atoms with Crippen LogP contribution in [0.3, 0.4) is 0 Å². The van der Waals surface area contributed by atoms with E-state index in [0.717, 1.165) is 29.0 Å². The van der Waals surface area contributed by atoms with Crippen molar-refractivity contribution in [3.05, 3.63) is 42.5 Å². The Balaban J connectivity index is 2.04. The second-order valence-corrected chi connectivity index (χ2v) is 8.63. The van der Waals surface area contributed by atoms with Gasteiger partial charge in [0, 0.05) is 26.8 Å². The lowest BCUT2D eigenvalue weighted by Gasteiger charge is -2.40. The first kappa shape index (κ1) is 17.5. The molecule has 2 aromatic rings. The number of amides is 1. The summed E-state index contributed by atoms with van der Waals surface area (Å²) in [6.45, 7) is 4.39. The van der Waals surface area contributed by atoms with E-state index in [9.17, 15) is 13.2 Å². The van der Waals surface area contributed by atoms with Crippen LogP contribution in [0.2, 0.25) is 0 Å². The van der Waals surface area contributed by atoms with E-state index in [1.54, 1.807) is 19.1 Å². The van der Waals surface area contributed by atoms with Crippen LogP contribution in [-0.2, 0) is 14.6 Å². The molecule has 3 rings (SSSR count). The molecule has 0 saturated carbocycles. The average Bonchev–Trinajstić information content (AvgIpc) is 2.53. The predicted octanol–water partition coefficient (Wildman–Crippen LogP) is 2.95. The maximum Gasteiger partial charge on any atom is 0.224 e. The third-order valence-electron chi connectivity index (χ3n) is 4.58. The summed E-state index contributed by atoms with van der Waals surface area (Å²) in [6, 6.07) is 13.0. The van der Waals surface area contributed by atoms with Gasteiger partial charge in [0.1, 0.15) is 0 Å². The lowest BCUT2D eigenvalue weighted by atomic mass is 10.0. The molecule has 1 aliphatic rings. The van der Waals surface area contributed by atoms with Gasteiger partial charge in [0.15, 0.2) is 9.84 Å². The molecule has 1 aliphatic heterocycles. The Labute approximate surface area is 148 Å². The number of carbonyl (C=O) groups excluding carboxylic acids is 1. The molecule has 0 radical (unpaired) electrons. The van der Waals surface area contributed by atoms with E-state index in [2.05, 4.69) is 4.90 Å². The van der Waals surface area contributed by atoms with Crippen LogP contribution < -0.4 is 9.80 Å². The molecule has 6 heteroatoms. The van der Waals surface area contributed by atoms with Gasteiger partial charge in [0.25, 0.3) is 0 Å². The lowest BCUT2D eigenvalue weighted by molar-refractivity contribution is -0.117. The standard InChI is InChI=1S/C19H22N2O3S/c1-13-12-20(3)19-11-16(7-10-18(19)21(13)14(2)22)15-5-8-17(9-6-15)25(4,23)24/h5-11,13H,12H2,1-4H3/t13-/m0/s1. The van der Waals surface area contributed by atoms with Gasteiger partial charge >= 0.3 is 0 Å². The molecule has 1 amide bonds. The third kappa shape index (κ3) is 3.26. The Hall–Kier alpha value is -2.34. The fraction of sp³-hybridized carbons (Fsp3) is 0.316. The molecule has 5 nitrogen and oxygen atoms in total. The fourth-order valence-electron chi connectivity index (χ4n) is 3.40. The Kier molecular flexibility index (Phi) is 4.33. The topological polar surface area (TPSA) is 57.7 Å². The minimum absolute atomic E-state index is 0.0344. The molecule has 25 heavy (non-hydrogen) atoms. The molecule has 0 spiro atoms. The number of hydrogen-bond donors (Lipinski definition) is 0. The van der Waals surface area contributed by atoms with Gasteiger partial charge in [-0.1, -0.05) is 18.2 Å². The third-order valence-corrected chi connectivity index (χ3v) is 5.71. The molecule has 2 aromatic carbocycles. The smallest absolute Gasteiger partial charge is 0.224 e. The molecule has 0 aliphatic carbocycles. The Morgan fingerprint density at radius 2 is 1.64 bits per heavy atom. The highest BCUT2D eigenvalue weighted by atomic mass is 32.2. The van der Waals surface area contributed by atoms with E-state index in [0.29, 0.717) is 4.90 Å². The first-order valence-electron chi connectivity index (χ1n) is 8.14. The van der Waals surface area contributed by atoms with Crippen LogP contribution in [0.1, 0.15) is 13.8 Å². The summed E-state index contributed by atoms with van der Waals surface area (Å²) in [7, 11) is -1.18. The Morgan fingerprint density at radius 3 is 2.20 bits per heavy atom. The van der Waals surface area contributed by atoms with Crippen LogP contribution in [0.15, 0.2) is 47.4 Å². The second-order valence-electron chi connectivity index (χ2n) is 6.62. The normalized spacial score (nSPS) is 17.4. The molecule has 1 atom stereocenters. The van der Waals surface area contributed by atoms with Gasteiger partial charge in [0.2, 0.25) is 5.91 Å². The van der Waals surface area contributed by atoms with Crippen molar-refractivity contribution < 1.29 is 13.2 Å². The molecule has 0 unspecified atom stereocenters. The van der Waals surface area contributed by atoms with Crippen molar-refractivity contribution in [3.63, 3.8) is 0 Å². The summed E-state index contributed by atoms with van der Waals surface area (Å²) in [5.74, 6) is 0.0344. The summed E-state index contributed by atoms with van der Waals surface area (Å²) in [6.07, 6.45) is 1.20. The number of nitrogens with zero attached hydrogens (tertiary/aromatic N) is 2. The predicted molar refractivity (Wildman–Crippen MR) is 101 cm³/mol. The van der Waals surface area contributed by atoms with Crippen LogP contribution in [-0.4, -0.2) is 40.2 Å². The monoisotopic (exact) mass is 358 g/mol. The second kappa shape index (κ2) is 6.19. The van der Waals surface area contributed by atoms with Crippen LogP contribution in [0.5, 0.6) is 0 Å². The SMILES string of the molecule is CC(=O)N1c2ccc(-c3ccc(S(C)(=O)=O)cc3)cc2N(C)C[C@@H]1C. The number of sulfone groups is 1. The van der Waals surface area contributed by atoms with Crippen molar-refractivity contribution in [2.24, 2.45) is 0 Å². The number of benzene rings is 2. The van der Waals surface area contributed by atoms with E-state index in [1.165, 1.54) is 6.26 Å². The molecule has 0 fully saturated rings. The van der Waals surface area contributed by atoms with Gasteiger partial charge in [-0.25, -0.2) is 8.42 Å². The highest BCUT2D eigenvalue weighted by Gasteiger charge is 2.29. The molecule has 0 bridgehead atoms. The van der Waals surface area contributed by atoms with Gasteiger partial charge < -0.3 is 9.80 Å². The molecule has 1 heterocycles. The lowest BCUT2D eigenvalue weighted by Crippen LogP contribution is -2.48. The number of fused-ring (bicyclic) bond motifs is 1. The summed E-state index contributed by atoms with van der Waals surface area (Å²) in [5, 5.41) is 0. The van der Waals surface area contributed by atoms with E-state index >= 15 is 0 Å². The van der Waals surface area contributed by atoms with Crippen LogP contribution in [0.25, 0.3) is 11.1 Å². The van der Waals surface area contributed by atoms with Crippen LogP contribution >= 0.6 is 0 Å². The van der Waals surface area contributed by atoms with Crippen molar-refractivity contribution >= 4 is 27.1 Å². The van der Waals surface area contributed by atoms with E-state index in [4.69, 9.17) is 0 Å². The maximum atomic E-state index is 12.0. The van der Waals surface area contributed by atoms with E-state index in [1.807, 2.05) is 49.2 Å². The highest BCUT2D eigenvalue weighted by Crippen LogP contribution is 2.38. The van der Waals surface area contributed by atoms with Gasteiger partial charge in [0.05, 0.1) is 22.3 Å². The molecular formula is C19H22N2O3S. The number of hydrogen-bond acceptors (Lipinski definition) is 4. The Morgan fingerprint density at radius 1 is 1.04 bits per heavy atom. The minimum atomic E-state index is -3.20. The number of likely N-dealkylation sites (N-methyl/N-ethyl adjacent to an activating group) is 1. The average molecular weight is 358 g/mol. The number of rotatable bonds is 2. The van der Waals surface area contributed by atoms with E-state index in [-0.39, 0.29) is 11.9 Å². The van der Waals surface area contributed by atoms with Crippen molar-refractivity contribution in [2.45, 2.75) is 24.8 Å². The largest absolute Gasteiger partial charge is 0.371 e. The van der Waals surface area contributed by atoms with Gasteiger partial charge in [-0.05, 0) is 42.3 Å². The maximum absolute atomic E-state index is 12.0. The van der Waals surface area contributed by atoms with Crippen LogP contribution in [0, 0.1) is 0 Å². The summed E-state index contributed by atoms with van der Waals surface area (Å²) < 4.78 is 23.2. The minimum Gasteiger partial charge on any atom is -0.371 e. The quantitative estimate of drug-likeness (QED) is 0.828. The zero-order valence-electron chi connectivity index (χ0n) is 14.9. The molecular weight excluding hydrogens is 336 g/mol. The number of carbonyl (C=O) groups is 1. The van der Waals surface area contributed by atoms with Crippen molar-refractivity contribution in [1.29, 1.82) is 0 Å². The number of anilines is 2. The Bertz CT molecular complexity index is 920. The molecule has 0 aromatic heterocycles. The van der Waals surface area contributed by atoms with Crippen molar-refractivity contribution in [3.8, 4) is 11.1 Å².